The van der Waals surface area contributed by atoms with Gasteiger partial charge in [0.1, 0.15) is 5.75 Å². The molecule has 0 spiro atoms. The third kappa shape index (κ3) is 4.89. The summed E-state index contributed by atoms with van der Waals surface area (Å²) in [5.74, 6) is 0.0900. The number of anilines is 1. The minimum absolute atomic E-state index is 0.106. The zero-order valence-electron chi connectivity index (χ0n) is 19.0. The molecule has 0 aliphatic carbocycles. The summed E-state index contributed by atoms with van der Waals surface area (Å²) in [6.07, 6.45) is 3.24. The zero-order chi connectivity index (χ0) is 23.6. The van der Waals surface area contributed by atoms with E-state index in [4.69, 9.17) is 4.74 Å². The van der Waals surface area contributed by atoms with Crippen molar-refractivity contribution in [1.29, 1.82) is 0 Å². The number of amides is 2. The number of sulfonamides is 1. The maximum Gasteiger partial charge on any atom is 0.259 e. The van der Waals surface area contributed by atoms with Crippen LogP contribution >= 0.6 is 0 Å². The lowest BCUT2D eigenvalue weighted by Crippen LogP contribution is -2.36. The predicted octanol–water partition coefficient (Wildman–Crippen LogP) is 2.53. The molecular weight excluding hydrogens is 442 g/mol. The molecule has 0 aromatic heterocycles. The molecule has 0 N–H and O–H groups in total. The number of aryl methyl sites for hydroxylation is 1. The summed E-state index contributed by atoms with van der Waals surface area (Å²) < 4.78 is 33.0. The van der Waals surface area contributed by atoms with E-state index >= 15 is 0 Å². The van der Waals surface area contributed by atoms with E-state index in [-0.39, 0.29) is 18.4 Å². The number of hydrogen-bond donors (Lipinski definition) is 0. The molecule has 1 fully saturated rings. The van der Waals surface area contributed by atoms with Crippen molar-refractivity contribution in [2.45, 2.75) is 30.6 Å². The van der Waals surface area contributed by atoms with Gasteiger partial charge in [0.15, 0.2) is 6.61 Å². The van der Waals surface area contributed by atoms with Crippen molar-refractivity contribution in [2.24, 2.45) is 0 Å². The Labute approximate surface area is 194 Å². The quantitative estimate of drug-likeness (QED) is 0.646. The van der Waals surface area contributed by atoms with Gasteiger partial charge in [0.25, 0.3) is 11.8 Å². The molecule has 1 saturated heterocycles. The maximum atomic E-state index is 13.3. The van der Waals surface area contributed by atoms with Crippen LogP contribution in [0.5, 0.6) is 5.75 Å². The number of hydrogen-bond acceptors (Lipinski definition) is 5. The second-order valence-electron chi connectivity index (χ2n) is 8.57. The molecule has 2 aliphatic rings. The van der Waals surface area contributed by atoms with Gasteiger partial charge >= 0.3 is 0 Å². The summed E-state index contributed by atoms with van der Waals surface area (Å²) in [7, 11) is -0.197. The minimum atomic E-state index is -3.50. The van der Waals surface area contributed by atoms with Crippen LogP contribution in [0.2, 0.25) is 0 Å². The smallest absolute Gasteiger partial charge is 0.259 e. The molecule has 176 valence electrons. The molecule has 2 aliphatic heterocycles. The van der Waals surface area contributed by atoms with Crippen LogP contribution in [-0.2, 0) is 21.2 Å². The van der Waals surface area contributed by atoms with Crippen LogP contribution < -0.4 is 9.64 Å². The fraction of sp³-hybridized carbons (Fsp3) is 0.417. The van der Waals surface area contributed by atoms with Gasteiger partial charge in [-0.25, -0.2) is 8.42 Å². The molecule has 33 heavy (non-hydrogen) atoms. The Morgan fingerprint density at radius 3 is 2.48 bits per heavy atom. The fourth-order valence-electron chi connectivity index (χ4n) is 4.17. The van der Waals surface area contributed by atoms with E-state index in [1.165, 1.54) is 9.21 Å². The number of rotatable bonds is 6. The number of carbonyl (C=O) groups excluding carboxylic acids is 2. The first-order valence-electron chi connectivity index (χ1n) is 11.2. The van der Waals surface area contributed by atoms with Gasteiger partial charge in [0.2, 0.25) is 10.0 Å². The Morgan fingerprint density at radius 1 is 1.00 bits per heavy atom. The number of likely N-dealkylation sites (N-methyl/N-ethyl adjacent to an activating group) is 1. The number of nitrogens with zero attached hydrogens (tertiary/aromatic N) is 3. The van der Waals surface area contributed by atoms with Gasteiger partial charge in [-0.3, -0.25) is 9.59 Å². The van der Waals surface area contributed by atoms with E-state index in [1.807, 2.05) is 0 Å². The van der Waals surface area contributed by atoms with Gasteiger partial charge < -0.3 is 14.5 Å². The van der Waals surface area contributed by atoms with Crippen LogP contribution in [0.4, 0.5) is 5.69 Å². The van der Waals surface area contributed by atoms with Crippen molar-refractivity contribution >= 4 is 27.5 Å². The van der Waals surface area contributed by atoms with Crippen molar-refractivity contribution in [1.82, 2.24) is 9.21 Å². The highest BCUT2D eigenvalue weighted by molar-refractivity contribution is 7.89. The Morgan fingerprint density at radius 2 is 1.76 bits per heavy atom. The van der Waals surface area contributed by atoms with Gasteiger partial charge in [-0.2, -0.15) is 4.31 Å². The Kier molecular flexibility index (Phi) is 6.71. The fourth-order valence-corrected chi connectivity index (χ4v) is 5.74. The summed E-state index contributed by atoms with van der Waals surface area (Å²) >= 11 is 0. The lowest BCUT2D eigenvalue weighted by Gasteiger charge is -2.30. The molecule has 2 amide bonds. The summed E-state index contributed by atoms with van der Waals surface area (Å²) in [6, 6.07) is 11.8. The highest BCUT2D eigenvalue weighted by Gasteiger charge is 2.30. The van der Waals surface area contributed by atoms with Crippen molar-refractivity contribution in [2.75, 3.05) is 45.2 Å². The molecule has 0 unspecified atom stereocenters. The minimum Gasteiger partial charge on any atom is -0.484 e. The number of benzene rings is 2. The van der Waals surface area contributed by atoms with Crippen LogP contribution in [0.3, 0.4) is 0 Å². The second-order valence-corrected chi connectivity index (χ2v) is 10.5. The molecule has 0 atom stereocenters. The van der Waals surface area contributed by atoms with E-state index in [0.717, 1.165) is 36.9 Å². The third-order valence-electron chi connectivity index (χ3n) is 6.06. The molecule has 2 aromatic carbocycles. The van der Waals surface area contributed by atoms with E-state index in [9.17, 15) is 18.0 Å². The standard InChI is InChI=1S/C24H29N3O5S/c1-25(2)23(28)17-32-20-9-5-7-19(15-20)24(29)27-14-6-8-18-16-21(10-11-22(18)27)33(30,31)26-12-3-4-13-26/h5,7,9-11,15-16H,3-4,6,8,12-14,17H2,1-2H3. The van der Waals surface area contributed by atoms with Gasteiger partial charge in [-0.15, -0.1) is 0 Å². The van der Waals surface area contributed by atoms with E-state index in [1.54, 1.807) is 61.5 Å². The van der Waals surface area contributed by atoms with Crippen molar-refractivity contribution in [3.05, 3.63) is 53.6 Å². The summed E-state index contributed by atoms with van der Waals surface area (Å²) in [4.78, 5) is 28.5. The molecule has 9 heteroatoms. The first-order chi connectivity index (χ1) is 15.8. The van der Waals surface area contributed by atoms with E-state index in [2.05, 4.69) is 0 Å². The molecule has 2 aromatic rings. The average molecular weight is 472 g/mol. The highest BCUT2D eigenvalue weighted by atomic mass is 32.2. The Bertz CT molecular complexity index is 1160. The van der Waals surface area contributed by atoms with Crippen molar-refractivity contribution in [3.8, 4) is 5.75 Å². The molecular formula is C24H29N3O5S. The molecule has 0 saturated carbocycles. The first kappa shape index (κ1) is 23.3. The lowest BCUT2D eigenvalue weighted by molar-refractivity contribution is -0.130. The number of ether oxygens (including phenoxy) is 1. The third-order valence-corrected chi connectivity index (χ3v) is 7.95. The Hall–Kier alpha value is -2.91. The topological polar surface area (TPSA) is 87.2 Å². The van der Waals surface area contributed by atoms with Crippen LogP contribution in [0.1, 0.15) is 35.2 Å². The highest BCUT2D eigenvalue weighted by Crippen LogP contribution is 2.32. The van der Waals surface area contributed by atoms with Crippen molar-refractivity contribution < 1.29 is 22.7 Å². The summed E-state index contributed by atoms with van der Waals surface area (Å²) in [5, 5.41) is 0. The van der Waals surface area contributed by atoms with Crippen molar-refractivity contribution in [3.63, 3.8) is 0 Å². The zero-order valence-corrected chi connectivity index (χ0v) is 19.8. The van der Waals surface area contributed by atoms with Crippen LogP contribution in [0.15, 0.2) is 47.4 Å². The van der Waals surface area contributed by atoms with Gasteiger partial charge in [-0.1, -0.05) is 6.07 Å². The molecule has 2 heterocycles. The maximum absolute atomic E-state index is 13.3. The molecule has 4 rings (SSSR count). The van der Waals surface area contributed by atoms with Crippen LogP contribution in [-0.4, -0.2) is 69.8 Å². The van der Waals surface area contributed by atoms with Gasteiger partial charge in [-0.05, 0) is 67.6 Å². The SMILES string of the molecule is CN(C)C(=O)COc1cccc(C(=O)N2CCCc3cc(S(=O)(=O)N4CCCC4)ccc32)c1. The lowest BCUT2D eigenvalue weighted by atomic mass is 10.0. The normalized spacial score (nSPS) is 16.4. The first-order valence-corrected chi connectivity index (χ1v) is 12.6. The average Bonchev–Trinajstić information content (AvgIpc) is 3.37. The molecule has 0 bridgehead atoms. The summed E-state index contributed by atoms with van der Waals surface area (Å²) in [5.41, 5.74) is 2.05. The second kappa shape index (κ2) is 9.52. The number of carbonyl (C=O) groups is 2. The molecule has 0 radical (unpaired) electrons. The van der Waals surface area contributed by atoms with E-state index < -0.39 is 10.0 Å². The van der Waals surface area contributed by atoms with Crippen LogP contribution in [0, 0.1) is 0 Å². The van der Waals surface area contributed by atoms with Gasteiger partial charge in [0.05, 0.1) is 4.90 Å². The number of fused-ring (bicyclic) bond motifs is 1. The predicted molar refractivity (Wildman–Crippen MR) is 125 cm³/mol. The monoisotopic (exact) mass is 471 g/mol. The summed E-state index contributed by atoms with van der Waals surface area (Å²) in [6.45, 7) is 1.56. The Balaban J connectivity index is 1.55. The van der Waals surface area contributed by atoms with Crippen LogP contribution in [0.25, 0.3) is 0 Å². The van der Waals surface area contributed by atoms with E-state index in [0.29, 0.717) is 35.8 Å². The van der Waals surface area contributed by atoms with Gasteiger partial charge in [0, 0.05) is 45.0 Å². The largest absolute Gasteiger partial charge is 0.484 e. The molecule has 8 nitrogen and oxygen atoms in total.